The average Bonchev–Trinajstić information content (AvgIpc) is 2.25. The Hall–Kier alpha value is -1.59. The second-order valence-electron chi connectivity index (χ2n) is 2.87. The average molecular weight is 188 g/mol. The Kier molecular flexibility index (Phi) is 4.46. The molecule has 1 aromatic rings. The van der Waals surface area contributed by atoms with Crippen molar-refractivity contribution in [2.24, 2.45) is 0 Å². The molecule has 0 heterocycles. The van der Waals surface area contributed by atoms with Gasteiger partial charge in [0.05, 0.1) is 0 Å². The van der Waals surface area contributed by atoms with Crippen molar-refractivity contribution in [2.75, 3.05) is 6.61 Å². The third-order valence-electron chi connectivity index (χ3n) is 1.72. The first-order valence-corrected chi connectivity index (χ1v) is 4.52. The summed E-state index contributed by atoms with van der Waals surface area (Å²) in [4.78, 5) is 10.5. The maximum Gasteiger partial charge on any atom is 0.150 e. The number of unbranched alkanes of at least 4 members (excludes halogenated alkanes) is 1. The molecular formula is C12H12O2. The van der Waals surface area contributed by atoms with Crippen LogP contribution in [0.2, 0.25) is 0 Å². The van der Waals surface area contributed by atoms with Crippen LogP contribution in [0.1, 0.15) is 28.8 Å². The zero-order chi connectivity index (χ0) is 10.2. The lowest BCUT2D eigenvalue weighted by atomic mass is 10.1. The molecule has 0 bridgehead atoms. The van der Waals surface area contributed by atoms with Crippen LogP contribution in [-0.2, 0) is 0 Å². The second-order valence-corrected chi connectivity index (χ2v) is 2.87. The summed E-state index contributed by atoms with van der Waals surface area (Å²) in [5, 5.41) is 8.53. The zero-order valence-electron chi connectivity index (χ0n) is 7.86. The fourth-order valence-electron chi connectivity index (χ4n) is 1.02. The van der Waals surface area contributed by atoms with Crippen LogP contribution in [0.4, 0.5) is 0 Å². The van der Waals surface area contributed by atoms with Crippen molar-refractivity contribution in [1.29, 1.82) is 0 Å². The number of hydrogen-bond donors (Lipinski definition) is 1. The lowest BCUT2D eigenvalue weighted by Crippen LogP contribution is -1.82. The van der Waals surface area contributed by atoms with Gasteiger partial charge in [0, 0.05) is 24.2 Å². The smallest absolute Gasteiger partial charge is 0.150 e. The highest BCUT2D eigenvalue weighted by Gasteiger charge is 1.89. The minimum absolute atomic E-state index is 0.170. The van der Waals surface area contributed by atoms with Gasteiger partial charge in [0.25, 0.3) is 0 Å². The van der Waals surface area contributed by atoms with Gasteiger partial charge in [0.2, 0.25) is 0 Å². The molecule has 0 spiro atoms. The first kappa shape index (κ1) is 10.5. The predicted molar refractivity (Wildman–Crippen MR) is 55.0 cm³/mol. The fraction of sp³-hybridized carbons (Fsp3) is 0.250. The summed E-state index contributed by atoms with van der Waals surface area (Å²) in [6.45, 7) is 0.170. The molecule has 0 fully saturated rings. The van der Waals surface area contributed by atoms with Gasteiger partial charge >= 0.3 is 0 Å². The predicted octanol–water partition coefficient (Wildman–Crippen LogP) is 1.62. The second kappa shape index (κ2) is 5.95. The van der Waals surface area contributed by atoms with Crippen LogP contribution in [0.25, 0.3) is 0 Å². The van der Waals surface area contributed by atoms with Gasteiger partial charge in [-0.25, -0.2) is 0 Å². The van der Waals surface area contributed by atoms with Crippen molar-refractivity contribution >= 4 is 6.29 Å². The van der Waals surface area contributed by atoms with E-state index in [0.29, 0.717) is 18.4 Å². The van der Waals surface area contributed by atoms with Crippen molar-refractivity contribution < 1.29 is 9.90 Å². The molecule has 2 nitrogen and oxygen atoms in total. The Morgan fingerprint density at radius 1 is 1.43 bits per heavy atom. The number of carbonyl (C=O) groups excluding carboxylic acids is 1. The van der Waals surface area contributed by atoms with Crippen LogP contribution >= 0.6 is 0 Å². The van der Waals surface area contributed by atoms with Gasteiger partial charge in [-0.1, -0.05) is 24.0 Å². The number of aliphatic hydroxyl groups is 1. The monoisotopic (exact) mass is 188 g/mol. The zero-order valence-corrected chi connectivity index (χ0v) is 7.86. The van der Waals surface area contributed by atoms with E-state index in [1.165, 1.54) is 0 Å². The first-order chi connectivity index (χ1) is 6.86. The van der Waals surface area contributed by atoms with E-state index in [9.17, 15) is 4.79 Å². The summed E-state index contributed by atoms with van der Waals surface area (Å²) < 4.78 is 0. The molecule has 0 aliphatic carbocycles. The largest absolute Gasteiger partial charge is 0.396 e. The number of hydrogen-bond acceptors (Lipinski definition) is 2. The normalized spacial score (nSPS) is 8.93. The number of carbonyl (C=O) groups is 1. The van der Waals surface area contributed by atoms with E-state index in [2.05, 4.69) is 11.8 Å². The highest BCUT2D eigenvalue weighted by atomic mass is 16.2. The van der Waals surface area contributed by atoms with E-state index in [0.717, 1.165) is 11.8 Å². The third kappa shape index (κ3) is 3.42. The minimum atomic E-state index is 0.170. The lowest BCUT2D eigenvalue weighted by molar-refractivity contribution is 0.112. The van der Waals surface area contributed by atoms with Crippen molar-refractivity contribution in [1.82, 2.24) is 0 Å². The lowest BCUT2D eigenvalue weighted by Gasteiger charge is -1.91. The van der Waals surface area contributed by atoms with Crippen molar-refractivity contribution in [3.63, 3.8) is 0 Å². The molecule has 0 aliphatic heterocycles. The van der Waals surface area contributed by atoms with Crippen LogP contribution < -0.4 is 0 Å². The number of aliphatic hydroxyl groups excluding tert-OH is 1. The van der Waals surface area contributed by atoms with Crippen molar-refractivity contribution in [2.45, 2.75) is 12.8 Å². The van der Waals surface area contributed by atoms with Crippen LogP contribution in [0, 0.1) is 11.8 Å². The first-order valence-electron chi connectivity index (χ1n) is 4.52. The van der Waals surface area contributed by atoms with Crippen molar-refractivity contribution in [3.8, 4) is 11.8 Å². The molecule has 1 N–H and O–H groups in total. The minimum Gasteiger partial charge on any atom is -0.396 e. The SMILES string of the molecule is O=Cc1cccc(C#CCCCO)c1. The highest BCUT2D eigenvalue weighted by Crippen LogP contribution is 2.01. The molecule has 1 rings (SSSR count). The third-order valence-corrected chi connectivity index (χ3v) is 1.72. The number of benzene rings is 1. The molecule has 0 aliphatic rings. The summed E-state index contributed by atoms with van der Waals surface area (Å²) in [7, 11) is 0. The Labute approximate surface area is 83.6 Å². The molecule has 0 saturated carbocycles. The van der Waals surface area contributed by atoms with Gasteiger partial charge in [0.15, 0.2) is 0 Å². The number of aldehydes is 1. The Morgan fingerprint density at radius 3 is 3.00 bits per heavy atom. The standard InChI is InChI=1S/C12H12O2/c13-8-3-1-2-5-11-6-4-7-12(9-11)10-14/h4,6-7,9-10,13H,1,3,8H2. The Bertz CT molecular complexity index is 358. The summed E-state index contributed by atoms with van der Waals surface area (Å²) >= 11 is 0. The van der Waals surface area contributed by atoms with Crippen LogP contribution in [-0.4, -0.2) is 18.0 Å². The van der Waals surface area contributed by atoms with Gasteiger partial charge in [-0.2, -0.15) is 0 Å². The highest BCUT2D eigenvalue weighted by molar-refractivity contribution is 5.75. The van der Waals surface area contributed by atoms with Crippen LogP contribution in [0.15, 0.2) is 24.3 Å². The van der Waals surface area contributed by atoms with E-state index in [4.69, 9.17) is 5.11 Å². The fourth-order valence-corrected chi connectivity index (χ4v) is 1.02. The van der Waals surface area contributed by atoms with Gasteiger partial charge in [-0.3, -0.25) is 4.79 Å². The van der Waals surface area contributed by atoms with Crippen LogP contribution in [0.5, 0.6) is 0 Å². The molecule has 72 valence electrons. The molecular weight excluding hydrogens is 176 g/mol. The molecule has 1 aromatic carbocycles. The van der Waals surface area contributed by atoms with E-state index < -0.39 is 0 Å². The topological polar surface area (TPSA) is 37.3 Å². The maximum atomic E-state index is 10.5. The number of rotatable bonds is 3. The Morgan fingerprint density at radius 2 is 2.29 bits per heavy atom. The van der Waals surface area contributed by atoms with Crippen LogP contribution in [0.3, 0.4) is 0 Å². The van der Waals surface area contributed by atoms with Gasteiger partial charge in [0.1, 0.15) is 6.29 Å². The molecule has 0 radical (unpaired) electrons. The van der Waals surface area contributed by atoms with Gasteiger partial charge < -0.3 is 5.11 Å². The van der Waals surface area contributed by atoms with E-state index >= 15 is 0 Å². The maximum absolute atomic E-state index is 10.5. The summed E-state index contributed by atoms with van der Waals surface area (Å²) in [5.74, 6) is 5.86. The van der Waals surface area contributed by atoms with E-state index in [1.807, 2.05) is 6.07 Å². The van der Waals surface area contributed by atoms with Gasteiger partial charge in [-0.05, 0) is 18.6 Å². The molecule has 14 heavy (non-hydrogen) atoms. The molecule has 0 unspecified atom stereocenters. The summed E-state index contributed by atoms with van der Waals surface area (Å²) in [6.07, 6.45) is 2.18. The summed E-state index contributed by atoms with van der Waals surface area (Å²) in [6, 6.07) is 7.16. The molecule has 2 heteroatoms. The quantitative estimate of drug-likeness (QED) is 0.444. The Balaban J connectivity index is 2.64. The summed E-state index contributed by atoms with van der Waals surface area (Å²) in [5.41, 5.74) is 1.48. The van der Waals surface area contributed by atoms with E-state index in [1.54, 1.807) is 18.2 Å². The van der Waals surface area contributed by atoms with Crippen molar-refractivity contribution in [3.05, 3.63) is 35.4 Å². The molecule has 0 saturated heterocycles. The molecule has 0 amide bonds. The molecule has 0 aromatic heterocycles. The van der Waals surface area contributed by atoms with E-state index in [-0.39, 0.29) is 6.61 Å². The molecule has 0 atom stereocenters. The van der Waals surface area contributed by atoms with Gasteiger partial charge in [-0.15, -0.1) is 0 Å².